The van der Waals surface area contributed by atoms with Crippen LogP contribution < -0.4 is 14.8 Å². The standard InChI is InChI=1S/C30H21BrClN3O5/c31-28-16-22(5-14-29(28)40-19-21-3-10-26(11-4-21)35(37)38)15-23(17-33)30(36)34-25-8-12-27(13-9-25)39-18-20-1-6-24(32)7-2-20/h1-16H,18-19H2,(H,34,36)/b23-15+. The highest BCUT2D eigenvalue weighted by Crippen LogP contribution is 2.28. The minimum absolute atomic E-state index is 0.00896. The predicted molar refractivity (Wildman–Crippen MR) is 156 cm³/mol. The number of rotatable bonds is 10. The molecule has 0 aromatic heterocycles. The second-order valence-corrected chi connectivity index (χ2v) is 9.76. The maximum atomic E-state index is 12.7. The van der Waals surface area contributed by atoms with Crippen LogP contribution in [0.1, 0.15) is 16.7 Å². The molecule has 0 bridgehead atoms. The van der Waals surface area contributed by atoms with Crippen molar-refractivity contribution < 1.29 is 19.2 Å². The number of non-ortho nitro benzene ring substituents is 1. The van der Waals surface area contributed by atoms with Gasteiger partial charge in [-0.15, -0.1) is 0 Å². The third-order valence-electron chi connectivity index (χ3n) is 5.60. The molecule has 0 atom stereocenters. The smallest absolute Gasteiger partial charge is 0.269 e. The third kappa shape index (κ3) is 7.93. The third-order valence-corrected chi connectivity index (χ3v) is 6.48. The van der Waals surface area contributed by atoms with Gasteiger partial charge in [-0.2, -0.15) is 5.26 Å². The van der Waals surface area contributed by atoms with Crippen LogP contribution in [-0.2, 0) is 18.0 Å². The van der Waals surface area contributed by atoms with Crippen molar-refractivity contribution in [3.8, 4) is 17.6 Å². The maximum absolute atomic E-state index is 12.7. The Labute approximate surface area is 243 Å². The molecule has 10 heteroatoms. The molecular formula is C30H21BrClN3O5. The molecule has 0 unspecified atom stereocenters. The lowest BCUT2D eigenvalue weighted by Gasteiger charge is -2.10. The van der Waals surface area contributed by atoms with Crippen LogP contribution in [0.5, 0.6) is 11.5 Å². The highest BCUT2D eigenvalue weighted by Gasteiger charge is 2.11. The lowest BCUT2D eigenvalue weighted by atomic mass is 10.1. The van der Waals surface area contributed by atoms with Gasteiger partial charge >= 0.3 is 0 Å². The molecule has 8 nitrogen and oxygen atoms in total. The molecule has 1 amide bonds. The fourth-order valence-electron chi connectivity index (χ4n) is 3.49. The van der Waals surface area contributed by atoms with E-state index in [2.05, 4.69) is 21.2 Å². The van der Waals surface area contributed by atoms with Crippen LogP contribution in [0, 0.1) is 21.4 Å². The summed E-state index contributed by atoms with van der Waals surface area (Å²) in [6.07, 6.45) is 1.48. The van der Waals surface area contributed by atoms with Crippen LogP contribution in [0.15, 0.2) is 101 Å². The van der Waals surface area contributed by atoms with Crippen molar-refractivity contribution in [3.63, 3.8) is 0 Å². The van der Waals surface area contributed by atoms with Crippen molar-refractivity contribution in [1.29, 1.82) is 5.26 Å². The number of nitrogens with one attached hydrogen (secondary N) is 1. The van der Waals surface area contributed by atoms with Gasteiger partial charge in [-0.3, -0.25) is 14.9 Å². The number of carbonyl (C=O) groups excluding carboxylic acids is 1. The number of halogens is 2. The van der Waals surface area contributed by atoms with Crippen molar-refractivity contribution in [3.05, 3.63) is 133 Å². The topological polar surface area (TPSA) is 114 Å². The molecule has 200 valence electrons. The van der Waals surface area contributed by atoms with Crippen molar-refractivity contribution in [2.24, 2.45) is 0 Å². The Morgan fingerprint density at radius 1 is 0.950 bits per heavy atom. The highest BCUT2D eigenvalue weighted by molar-refractivity contribution is 9.10. The van der Waals surface area contributed by atoms with Gasteiger partial charge in [0.05, 0.1) is 9.40 Å². The largest absolute Gasteiger partial charge is 0.489 e. The van der Waals surface area contributed by atoms with E-state index >= 15 is 0 Å². The Bertz CT molecular complexity index is 1580. The average Bonchev–Trinajstić information content (AvgIpc) is 2.96. The summed E-state index contributed by atoms with van der Waals surface area (Å²) in [6.45, 7) is 0.587. The zero-order valence-corrected chi connectivity index (χ0v) is 23.2. The Kier molecular flexibility index (Phi) is 9.52. The van der Waals surface area contributed by atoms with Crippen molar-refractivity contribution in [1.82, 2.24) is 0 Å². The highest BCUT2D eigenvalue weighted by atomic mass is 79.9. The first-order valence-corrected chi connectivity index (χ1v) is 13.0. The minimum Gasteiger partial charge on any atom is -0.489 e. The summed E-state index contributed by atoms with van der Waals surface area (Å²) in [4.78, 5) is 23.1. The Hall–Kier alpha value is -4.65. The maximum Gasteiger partial charge on any atom is 0.269 e. The van der Waals surface area contributed by atoms with E-state index in [1.807, 2.05) is 18.2 Å². The first kappa shape index (κ1) is 28.4. The molecule has 0 spiro atoms. The lowest BCUT2D eigenvalue weighted by molar-refractivity contribution is -0.384. The van der Waals surface area contributed by atoms with Gasteiger partial charge in [0, 0.05) is 22.8 Å². The molecule has 0 heterocycles. The summed E-state index contributed by atoms with van der Waals surface area (Å²) in [5, 5.41) is 23.7. The van der Waals surface area contributed by atoms with E-state index in [0.717, 1.165) is 11.1 Å². The molecule has 0 aliphatic rings. The van der Waals surface area contributed by atoms with Gasteiger partial charge in [-0.1, -0.05) is 29.8 Å². The monoisotopic (exact) mass is 617 g/mol. The number of nitriles is 1. The van der Waals surface area contributed by atoms with E-state index in [-0.39, 0.29) is 17.9 Å². The van der Waals surface area contributed by atoms with Gasteiger partial charge in [0.2, 0.25) is 0 Å². The Morgan fingerprint density at radius 2 is 1.57 bits per heavy atom. The number of hydrogen-bond donors (Lipinski definition) is 1. The number of nitro groups is 1. The molecule has 4 aromatic rings. The minimum atomic E-state index is -0.549. The SMILES string of the molecule is N#C/C(=C\c1ccc(OCc2ccc([N+](=O)[O-])cc2)c(Br)c1)C(=O)Nc1ccc(OCc2ccc(Cl)cc2)cc1. The van der Waals surface area contributed by atoms with Crippen molar-refractivity contribution in [2.75, 3.05) is 5.32 Å². The van der Waals surface area contributed by atoms with Crippen molar-refractivity contribution >= 4 is 50.9 Å². The summed E-state index contributed by atoms with van der Waals surface area (Å²) in [6, 6.07) is 27.4. The molecule has 4 rings (SSSR count). The molecule has 0 aliphatic carbocycles. The summed E-state index contributed by atoms with van der Waals surface area (Å²) in [5.41, 5.74) is 2.81. The summed E-state index contributed by atoms with van der Waals surface area (Å²) in [5.74, 6) is 0.619. The zero-order valence-electron chi connectivity index (χ0n) is 20.8. The zero-order chi connectivity index (χ0) is 28.5. The summed E-state index contributed by atoms with van der Waals surface area (Å²) in [7, 11) is 0. The normalized spacial score (nSPS) is 10.9. The van der Waals surface area contributed by atoms with Gasteiger partial charge in [0.15, 0.2) is 0 Å². The van der Waals surface area contributed by atoms with Gasteiger partial charge in [-0.25, -0.2) is 0 Å². The Balaban J connectivity index is 1.34. The number of hydrogen-bond acceptors (Lipinski definition) is 6. The number of amides is 1. The average molecular weight is 619 g/mol. The molecule has 40 heavy (non-hydrogen) atoms. The van der Waals surface area contributed by atoms with Crippen LogP contribution >= 0.6 is 27.5 Å². The second-order valence-electron chi connectivity index (χ2n) is 8.47. The van der Waals surface area contributed by atoms with E-state index in [1.165, 1.54) is 18.2 Å². The van der Waals surface area contributed by atoms with E-state index < -0.39 is 10.8 Å². The fraction of sp³-hybridized carbons (Fsp3) is 0.0667. The molecule has 0 saturated carbocycles. The summed E-state index contributed by atoms with van der Waals surface area (Å²) < 4.78 is 12.2. The van der Waals surface area contributed by atoms with Crippen LogP contribution in [0.3, 0.4) is 0 Å². The molecule has 0 saturated heterocycles. The van der Waals surface area contributed by atoms with Crippen LogP contribution in [-0.4, -0.2) is 10.8 Å². The number of anilines is 1. The quantitative estimate of drug-likeness (QED) is 0.0842. The van der Waals surface area contributed by atoms with Gasteiger partial charge in [-0.05, 0) is 99.4 Å². The Morgan fingerprint density at radius 3 is 2.17 bits per heavy atom. The molecule has 0 aliphatic heterocycles. The lowest BCUT2D eigenvalue weighted by Crippen LogP contribution is -2.13. The first-order chi connectivity index (χ1) is 19.3. The van der Waals surface area contributed by atoms with E-state index in [1.54, 1.807) is 66.7 Å². The molecule has 0 radical (unpaired) electrons. The molecule has 1 N–H and O–H groups in total. The summed E-state index contributed by atoms with van der Waals surface area (Å²) >= 11 is 9.35. The van der Waals surface area contributed by atoms with E-state index in [4.69, 9.17) is 21.1 Å². The van der Waals surface area contributed by atoms with Crippen LogP contribution in [0.25, 0.3) is 6.08 Å². The van der Waals surface area contributed by atoms with Crippen LogP contribution in [0.4, 0.5) is 11.4 Å². The van der Waals surface area contributed by atoms with Gasteiger partial charge in [0.1, 0.15) is 36.4 Å². The van der Waals surface area contributed by atoms with Crippen molar-refractivity contribution in [2.45, 2.75) is 13.2 Å². The van der Waals surface area contributed by atoms with Gasteiger partial charge < -0.3 is 14.8 Å². The molecule has 4 aromatic carbocycles. The van der Waals surface area contributed by atoms with E-state index in [9.17, 15) is 20.2 Å². The van der Waals surface area contributed by atoms with E-state index in [0.29, 0.717) is 38.9 Å². The molecule has 0 fully saturated rings. The number of ether oxygens (including phenoxy) is 2. The number of carbonyl (C=O) groups is 1. The second kappa shape index (κ2) is 13.4. The molecular weight excluding hydrogens is 598 g/mol. The number of benzene rings is 4. The number of nitro benzene ring substituents is 1. The van der Waals surface area contributed by atoms with Gasteiger partial charge in [0.25, 0.3) is 11.6 Å². The number of nitrogens with zero attached hydrogens (tertiary/aromatic N) is 2. The van der Waals surface area contributed by atoms with Crippen LogP contribution in [0.2, 0.25) is 5.02 Å². The predicted octanol–water partition coefficient (Wildman–Crippen LogP) is 7.71. The fourth-order valence-corrected chi connectivity index (χ4v) is 4.13. The first-order valence-electron chi connectivity index (χ1n) is 11.9.